The van der Waals surface area contributed by atoms with Gasteiger partial charge in [0.1, 0.15) is 0 Å². The Hall–Kier alpha value is -2.57. The predicted molar refractivity (Wildman–Crippen MR) is 66.6 cm³/mol. The first kappa shape index (κ1) is 11.9. The van der Waals surface area contributed by atoms with Crippen molar-refractivity contribution in [2.24, 2.45) is 7.05 Å². The Morgan fingerprint density at radius 1 is 1.28 bits per heavy atom. The standard InChI is InChI=1S/C11H13N5O2/c1-16-7-9(6-13-16)15-11(17)14-8-3-4-10(18-2)12-5-8/h3-7H,1-2H3,(H2,14,15,17). The SMILES string of the molecule is COc1ccc(NC(=O)Nc2cnn(C)c2)cn1. The zero-order chi connectivity index (χ0) is 13.0. The number of urea groups is 1. The van der Waals surface area contributed by atoms with E-state index in [9.17, 15) is 4.79 Å². The van der Waals surface area contributed by atoms with Crippen LogP contribution in [0.4, 0.5) is 16.2 Å². The number of rotatable bonds is 3. The molecular formula is C11H13N5O2. The van der Waals surface area contributed by atoms with E-state index in [0.717, 1.165) is 0 Å². The van der Waals surface area contributed by atoms with Gasteiger partial charge in [0.25, 0.3) is 0 Å². The van der Waals surface area contributed by atoms with Crippen molar-refractivity contribution in [1.82, 2.24) is 14.8 Å². The van der Waals surface area contributed by atoms with Crippen LogP contribution in [0.2, 0.25) is 0 Å². The number of pyridine rings is 1. The first-order valence-electron chi connectivity index (χ1n) is 5.24. The molecule has 0 saturated heterocycles. The molecule has 2 aromatic rings. The molecule has 2 heterocycles. The number of methoxy groups -OCH3 is 1. The zero-order valence-electron chi connectivity index (χ0n) is 10.0. The lowest BCUT2D eigenvalue weighted by molar-refractivity contribution is 0.262. The molecule has 0 radical (unpaired) electrons. The third kappa shape index (κ3) is 2.97. The van der Waals surface area contributed by atoms with Crippen LogP contribution in [0, 0.1) is 0 Å². The summed E-state index contributed by atoms with van der Waals surface area (Å²) in [5.74, 6) is 0.494. The Labute approximate surface area is 104 Å². The number of amides is 2. The minimum atomic E-state index is -0.352. The van der Waals surface area contributed by atoms with E-state index in [1.165, 1.54) is 13.3 Å². The maximum Gasteiger partial charge on any atom is 0.323 e. The first-order valence-corrected chi connectivity index (χ1v) is 5.24. The molecule has 0 unspecified atom stereocenters. The number of nitrogens with one attached hydrogen (secondary N) is 2. The van der Waals surface area contributed by atoms with E-state index in [0.29, 0.717) is 17.3 Å². The average molecular weight is 247 g/mol. The number of aryl methyl sites for hydroxylation is 1. The third-order valence-electron chi connectivity index (χ3n) is 2.17. The van der Waals surface area contributed by atoms with E-state index >= 15 is 0 Å². The molecule has 2 aromatic heterocycles. The van der Waals surface area contributed by atoms with E-state index in [-0.39, 0.29) is 6.03 Å². The van der Waals surface area contributed by atoms with Crippen LogP contribution >= 0.6 is 0 Å². The zero-order valence-corrected chi connectivity index (χ0v) is 10.0. The van der Waals surface area contributed by atoms with Crippen LogP contribution < -0.4 is 15.4 Å². The summed E-state index contributed by atoms with van der Waals surface area (Å²) in [6.07, 6.45) is 4.78. The maximum atomic E-state index is 11.6. The molecule has 0 spiro atoms. The lowest BCUT2D eigenvalue weighted by atomic mass is 10.4. The summed E-state index contributed by atoms with van der Waals surface area (Å²) < 4.78 is 6.52. The van der Waals surface area contributed by atoms with Gasteiger partial charge in [-0.2, -0.15) is 5.10 Å². The van der Waals surface area contributed by atoms with Crippen molar-refractivity contribution in [3.8, 4) is 5.88 Å². The van der Waals surface area contributed by atoms with Crippen molar-refractivity contribution in [2.75, 3.05) is 17.7 Å². The molecular weight excluding hydrogens is 234 g/mol. The number of ether oxygens (including phenoxy) is 1. The fraction of sp³-hybridized carbons (Fsp3) is 0.182. The van der Waals surface area contributed by atoms with Gasteiger partial charge in [0, 0.05) is 19.3 Å². The highest BCUT2D eigenvalue weighted by Crippen LogP contribution is 2.11. The highest BCUT2D eigenvalue weighted by molar-refractivity contribution is 5.99. The van der Waals surface area contributed by atoms with Crippen molar-refractivity contribution in [3.63, 3.8) is 0 Å². The number of hydrogen-bond acceptors (Lipinski definition) is 4. The molecule has 0 atom stereocenters. The van der Waals surface area contributed by atoms with Crippen molar-refractivity contribution in [1.29, 1.82) is 0 Å². The molecule has 2 rings (SSSR count). The maximum absolute atomic E-state index is 11.6. The predicted octanol–water partition coefficient (Wildman–Crippen LogP) is 1.47. The summed E-state index contributed by atoms with van der Waals surface area (Å²) in [7, 11) is 3.31. The third-order valence-corrected chi connectivity index (χ3v) is 2.17. The van der Waals surface area contributed by atoms with Crippen LogP contribution in [0.3, 0.4) is 0 Å². The van der Waals surface area contributed by atoms with Crippen molar-refractivity contribution in [2.45, 2.75) is 0 Å². The minimum Gasteiger partial charge on any atom is -0.481 e. The number of carbonyl (C=O) groups is 1. The monoisotopic (exact) mass is 247 g/mol. The van der Waals surface area contributed by atoms with Crippen molar-refractivity contribution < 1.29 is 9.53 Å². The summed E-state index contributed by atoms with van der Waals surface area (Å²) in [6.45, 7) is 0. The average Bonchev–Trinajstić information content (AvgIpc) is 2.75. The van der Waals surface area contributed by atoms with Gasteiger partial charge in [-0.05, 0) is 6.07 Å². The number of nitrogens with zero attached hydrogens (tertiary/aromatic N) is 3. The van der Waals surface area contributed by atoms with Crippen LogP contribution in [0.25, 0.3) is 0 Å². The highest BCUT2D eigenvalue weighted by Gasteiger charge is 2.04. The number of anilines is 2. The normalized spacial score (nSPS) is 9.89. The Morgan fingerprint density at radius 3 is 2.61 bits per heavy atom. The van der Waals surface area contributed by atoms with E-state index in [2.05, 4.69) is 20.7 Å². The van der Waals surface area contributed by atoms with Crippen LogP contribution in [-0.4, -0.2) is 27.9 Å². The van der Waals surface area contributed by atoms with Gasteiger partial charge in [0.15, 0.2) is 0 Å². The van der Waals surface area contributed by atoms with Crippen molar-refractivity contribution >= 4 is 17.4 Å². The number of aromatic nitrogens is 3. The second-order valence-corrected chi connectivity index (χ2v) is 3.57. The second kappa shape index (κ2) is 5.17. The largest absolute Gasteiger partial charge is 0.481 e. The molecule has 18 heavy (non-hydrogen) atoms. The van der Waals surface area contributed by atoms with Gasteiger partial charge in [-0.3, -0.25) is 4.68 Å². The first-order chi connectivity index (χ1) is 8.67. The molecule has 0 aliphatic heterocycles. The molecule has 2 amide bonds. The molecule has 0 saturated carbocycles. The van der Waals surface area contributed by atoms with Gasteiger partial charge in [0.05, 0.1) is 30.9 Å². The topological polar surface area (TPSA) is 81.1 Å². The second-order valence-electron chi connectivity index (χ2n) is 3.57. The molecule has 7 nitrogen and oxygen atoms in total. The molecule has 0 aromatic carbocycles. The summed E-state index contributed by atoms with van der Waals surface area (Å²) in [6, 6.07) is 3.02. The van der Waals surface area contributed by atoms with Crippen LogP contribution in [0.15, 0.2) is 30.7 Å². The van der Waals surface area contributed by atoms with Crippen molar-refractivity contribution in [3.05, 3.63) is 30.7 Å². The fourth-order valence-electron chi connectivity index (χ4n) is 1.35. The number of hydrogen-bond donors (Lipinski definition) is 2. The van der Waals surface area contributed by atoms with Crippen LogP contribution in [0.1, 0.15) is 0 Å². The fourth-order valence-corrected chi connectivity index (χ4v) is 1.35. The summed E-state index contributed by atoms with van der Waals surface area (Å²) in [4.78, 5) is 15.6. The van der Waals surface area contributed by atoms with Gasteiger partial charge < -0.3 is 15.4 Å². The molecule has 2 N–H and O–H groups in total. The van der Waals surface area contributed by atoms with Gasteiger partial charge in [-0.1, -0.05) is 0 Å². The Bertz CT molecular complexity index is 535. The summed E-state index contributed by atoms with van der Waals surface area (Å²) in [5, 5.41) is 9.24. The lowest BCUT2D eigenvalue weighted by Gasteiger charge is -2.05. The molecule has 0 bridgehead atoms. The van der Waals surface area contributed by atoms with E-state index in [1.807, 2.05) is 0 Å². The summed E-state index contributed by atoms with van der Waals surface area (Å²) >= 11 is 0. The van der Waals surface area contributed by atoms with Gasteiger partial charge in [0.2, 0.25) is 5.88 Å². The molecule has 7 heteroatoms. The Kier molecular flexibility index (Phi) is 3.42. The Balaban J connectivity index is 1.94. The summed E-state index contributed by atoms with van der Waals surface area (Å²) in [5.41, 5.74) is 1.20. The van der Waals surface area contributed by atoms with Crippen LogP contribution in [-0.2, 0) is 7.05 Å². The van der Waals surface area contributed by atoms with Gasteiger partial charge in [-0.25, -0.2) is 9.78 Å². The molecule has 0 fully saturated rings. The lowest BCUT2D eigenvalue weighted by Crippen LogP contribution is -2.19. The van der Waals surface area contributed by atoms with E-state index < -0.39 is 0 Å². The molecule has 0 aliphatic carbocycles. The minimum absolute atomic E-state index is 0.352. The van der Waals surface area contributed by atoms with Crippen LogP contribution in [0.5, 0.6) is 5.88 Å². The van der Waals surface area contributed by atoms with Gasteiger partial charge in [-0.15, -0.1) is 0 Å². The van der Waals surface area contributed by atoms with E-state index in [1.54, 1.807) is 36.3 Å². The molecule has 94 valence electrons. The highest BCUT2D eigenvalue weighted by atomic mass is 16.5. The molecule has 0 aliphatic rings. The quantitative estimate of drug-likeness (QED) is 0.860. The smallest absolute Gasteiger partial charge is 0.323 e. The Morgan fingerprint density at radius 2 is 2.06 bits per heavy atom. The van der Waals surface area contributed by atoms with Gasteiger partial charge >= 0.3 is 6.03 Å². The van der Waals surface area contributed by atoms with E-state index in [4.69, 9.17) is 4.74 Å². The number of carbonyl (C=O) groups excluding carboxylic acids is 1.